The van der Waals surface area contributed by atoms with Crippen molar-refractivity contribution in [3.63, 3.8) is 0 Å². The fraction of sp³-hybridized carbons (Fsp3) is 0.923. The van der Waals surface area contributed by atoms with Crippen molar-refractivity contribution in [3.8, 4) is 0 Å². The Balaban J connectivity index is 1.55. The Morgan fingerprint density at radius 2 is 1.27 bits per heavy atom. The molecule has 2 atom stereocenters. The molecule has 26 heavy (non-hydrogen) atoms. The van der Waals surface area contributed by atoms with Gasteiger partial charge < -0.3 is 0 Å². The van der Waals surface area contributed by atoms with Gasteiger partial charge in [0.1, 0.15) is 0 Å². The Morgan fingerprint density at radius 1 is 0.654 bits per heavy atom. The third kappa shape index (κ3) is 8.62. The van der Waals surface area contributed by atoms with E-state index in [1.165, 1.54) is 89.9 Å². The zero-order valence-electron chi connectivity index (χ0n) is 18.2. The Kier molecular flexibility index (Phi) is 11.7. The summed E-state index contributed by atoms with van der Waals surface area (Å²) < 4.78 is 0. The van der Waals surface area contributed by atoms with Gasteiger partial charge in [-0.2, -0.15) is 0 Å². The molecule has 2 rings (SSSR count). The average Bonchev–Trinajstić information content (AvgIpc) is 2.68. The average molecular weight is 361 g/mol. The molecular formula is C26H48. The van der Waals surface area contributed by atoms with E-state index in [-0.39, 0.29) is 0 Å². The maximum atomic E-state index is 2.59. The van der Waals surface area contributed by atoms with Crippen LogP contribution in [0.5, 0.6) is 0 Å². The van der Waals surface area contributed by atoms with Crippen LogP contribution in [0.15, 0.2) is 12.2 Å². The molecule has 0 aliphatic heterocycles. The highest BCUT2D eigenvalue weighted by molar-refractivity contribution is 4.93. The Morgan fingerprint density at radius 3 is 1.92 bits per heavy atom. The smallest absolute Gasteiger partial charge is 0.0205 e. The van der Waals surface area contributed by atoms with E-state index < -0.39 is 0 Å². The van der Waals surface area contributed by atoms with Crippen LogP contribution >= 0.6 is 0 Å². The molecule has 0 spiro atoms. The topological polar surface area (TPSA) is 0 Å². The third-order valence-corrected chi connectivity index (χ3v) is 7.43. The molecule has 0 heteroatoms. The van der Waals surface area contributed by atoms with E-state index in [1.54, 1.807) is 25.7 Å². The molecule has 0 aromatic rings. The molecule has 0 radical (unpaired) electrons. The zero-order chi connectivity index (χ0) is 18.5. The van der Waals surface area contributed by atoms with Gasteiger partial charge in [0.15, 0.2) is 0 Å². The van der Waals surface area contributed by atoms with E-state index in [1.807, 2.05) is 0 Å². The molecule has 0 aromatic carbocycles. The van der Waals surface area contributed by atoms with Crippen molar-refractivity contribution >= 4 is 0 Å². The molecule has 152 valence electrons. The summed E-state index contributed by atoms with van der Waals surface area (Å²) in [6.07, 6.45) is 31.6. The summed E-state index contributed by atoms with van der Waals surface area (Å²) in [6.45, 7) is 4.62. The maximum absolute atomic E-state index is 2.59. The van der Waals surface area contributed by atoms with Crippen LogP contribution in [0.3, 0.4) is 0 Å². The van der Waals surface area contributed by atoms with Gasteiger partial charge in [-0.15, -0.1) is 0 Å². The molecular weight excluding hydrogens is 312 g/mol. The van der Waals surface area contributed by atoms with Gasteiger partial charge in [0.25, 0.3) is 0 Å². The standard InChI is InChI=1S/C26H48/c1-3-5-7-13-23-19-21-24(22-20-23)14-9-10-16-26-18-12-11-17-25(26)15-8-6-4-2/h8,15,23-26H,3-7,9-14,16-22H2,1-2H3/t23-,24-,25?,26?. The normalized spacial score (nSPS) is 30.1. The fourth-order valence-corrected chi connectivity index (χ4v) is 5.62. The second-order valence-electron chi connectivity index (χ2n) is 9.59. The molecule has 2 aliphatic carbocycles. The summed E-state index contributed by atoms with van der Waals surface area (Å²) >= 11 is 0. The highest BCUT2D eigenvalue weighted by Gasteiger charge is 2.23. The Hall–Kier alpha value is -0.260. The van der Waals surface area contributed by atoms with E-state index in [4.69, 9.17) is 0 Å². The van der Waals surface area contributed by atoms with E-state index in [2.05, 4.69) is 26.0 Å². The third-order valence-electron chi connectivity index (χ3n) is 7.43. The van der Waals surface area contributed by atoms with Gasteiger partial charge in [-0.25, -0.2) is 0 Å². The highest BCUT2D eigenvalue weighted by Crippen LogP contribution is 2.37. The van der Waals surface area contributed by atoms with Gasteiger partial charge in [0, 0.05) is 0 Å². The number of rotatable bonds is 12. The van der Waals surface area contributed by atoms with Gasteiger partial charge in [0.2, 0.25) is 0 Å². The molecule has 0 nitrogen and oxygen atoms in total. The predicted molar refractivity (Wildman–Crippen MR) is 118 cm³/mol. The van der Waals surface area contributed by atoms with E-state index in [9.17, 15) is 0 Å². The molecule has 0 saturated heterocycles. The minimum atomic E-state index is 0.911. The van der Waals surface area contributed by atoms with Crippen molar-refractivity contribution < 1.29 is 0 Å². The molecule has 2 saturated carbocycles. The number of hydrogen-bond donors (Lipinski definition) is 0. The molecule has 0 bridgehead atoms. The number of unbranched alkanes of at least 4 members (excludes halogenated alkanes) is 4. The first kappa shape index (κ1) is 22.0. The van der Waals surface area contributed by atoms with Crippen LogP contribution in [-0.2, 0) is 0 Å². The van der Waals surface area contributed by atoms with Crippen molar-refractivity contribution in [2.75, 3.05) is 0 Å². The quantitative estimate of drug-likeness (QED) is 0.240. The first-order chi connectivity index (χ1) is 12.8. The lowest BCUT2D eigenvalue weighted by molar-refractivity contribution is 0.234. The lowest BCUT2D eigenvalue weighted by Crippen LogP contribution is -2.18. The summed E-state index contributed by atoms with van der Waals surface area (Å²) in [5, 5.41) is 0. The van der Waals surface area contributed by atoms with Crippen molar-refractivity contribution in [2.45, 2.75) is 129 Å². The maximum Gasteiger partial charge on any atom is -0.0205 e. The lowest BCUT2D eigenvalue weighted by Gasteiger charge is -2.30. The fourth-order valence-electron chi connectivity index (χ4n) is 5.62. The van der Waals surface area contributed by atoms with E-state index in [0.717, 1.165) is 23.7 Å². The molecule has 0 heterocycles. The molecule has 2 unspecified atom stereocenters. The lowest BCUT2D eigenvalue weighted by atomic mass is 9.75. The first-order valence-corrected chi connectivity index (χ1v) is 12.5. The summed E-state index contributed by atoms with van der Waals surface area (Å²) in [4.78, 5) is 0. The van der Waals surface area contributed by atoms with Crippen molar-refractivity contribution in [3.05, 3.63) is 12.2 Å². The Bertz CT molecular complexity index is 347. The Labute approximate surface area is 165 Å². The van der Waals surface area contributed by atoms with Crippen LogP contribution in [0.25, 0.3) is 0 Å². The van der Waals surface area contributed by atoms with Crippen molar-refractivity contribution in [1.82, 2.24) is 0 Å². The summed E-state index contributed by atoms with van der Waals surface area (Å²) in [7, 11) is 0. The van der Waals surface area contributed by atoms with Crippen LogP contribution in [0.4, 0.5) is 0 Å². The minimum absolute atomic E-state index is 0.911. The van der Waals surface area contributed by atoms with Gasteiger partial charge >= 0.3 is 0 Å². The summed E-state index contributed by atoms with van der Waals surface area (Å²) in [6, 6.07) is 0. The van der Waals surface area contributed by atoms with Gasteiger partial charge in [0.05, 0.1) is 0 Å². The highest BCUT2D eigenvalue weighted by atomic mass is 14.3. The summed E-state index contributed by atoms with van der Waals surface area (Å²) in [5.74, 6) is 4.07. The zero-order valence-corrected chi connectivity index (χ0v) is 18.2. The van der Waals surface area contributed by atoms with Gasteiger partial charge in [-0.3, -0.25) is 0 Å². The monoisotopic (exact) mass is 360 g/mol. The molecule has 0 N–H and O–H groups in total. The molecule has 2 fully saturated rings. The SMILES string of the molecule is CCCC=CC1CCCCC1CCCC[C@H]1CC[C@H](CCCCC)CC1. The largest absolute Gasteiger partial charge is 0.0883 e. The van der Waals surface area contributed by atoms with Crippen LogP contribution in [0.1, 0.15) is 129 Å². The summed E-state index contributed by atoms with van der Waals surface area (Å²) in [5.41, 5.74) is 0. The second-order valence-corrected chi connectivity index (χ2v) is 9.59. The van der Waals surface area contributed by atoms with E-state index in [0.29, 0.717) is 0 Å². The van der Waals surface area contributed by atoms with Gasteiger partial charge in [-0.1, -0.05) is 116 Å². The van der Waals surface area contributed by atoms with Crippen LogP contribution in [-0.4, -0.2) is 0 Å². The van der Waals surface area contributed by atoms with Crippen molar-refractivity contribution in [2.24, 2.45) is 23.7 Å². The van der Waals surface area contributed by atoms with Crippen LogP contribution in [0.2, 0.25) is 0 Å². The number of allylic oxidation sites excluding steroid dienone is 2. The molecule has 2 aliphatic rings. The van der Waals surface area contributed by atoms with Crippen molar-refractivity contribution in [1.29, 1.82) is 0 Å². The van der Waals surface area contributed by atoms with Crippen LogP contribution in [0, 0.1) is 23.7 Å². The molecule has 0 amide bonds. The first-order valence-electron chi connectivity index (χ1n) is 12.5. The van der Waals surface area contributed by atoms with E-state index >= 15 is 0 Å². The van der Waals surface area contributed by atoms with Crippen LogP contribution < -0.4 is 0 Å². The minimum Gasteiger partial charge on any atom is -0.0883 e. The molecule has 0 aromatic heterocycles. The second kappa shape index (κ2) is 13.8. The predicted octanol–water partition coefficient (Wildman–Crippen LogP) is 9.10. The van der Waals surface area contributed by atoms with Gasteiger partial charge in [-0.05, 0) is 49.4 Å². The number of hydrogen-bond acceptors (Lipinski definition) is 0.